The molecule has 1 amide bonds. The van der Waals surface area contributed by atoms with Crippen molar-refractivity contribution in [2.24, 2.45) is 0 Å². The fourth-order valence-corrected chi connectivity index (χ4v) is 3.11. The number of ether oxygens (including phenoxy) is 1. The van der Waals surface area contributed by atoms with Gasteiger partial charge in [0.05, 0.1) is 18.2 Å². The van der Waals surface area contributed by atoms with Crippen LogP contribution in [0.3, 0.4) is 0 Å². The van der Waals surface area contributed by atoms with Crippen LogP contribution < -0.4 is 15.6 Å². The van der Waals surface area contributed by atoms with E-state index >= 15 is 0 Å². The lowest BCUT2D eigenvalue weighted by Gasteiger charge is -2.11. The Labute approximate surface area is 190 Å². The quantitative estimate of drug-likeness (QED) is 0.453. The number of alkyl halides is 3. The molecule has 2 aromatic heterocycles. The summed E-state index contributed by atoms with van der Waals surface area (Å²) in [4.78, 5) is 28.9. The number of methoxy groups -OCH3 is 1. The highest BCUT2D eigenvalue weighted by Crippen LogP contribution is 2.30. The van der Waals surface area contributed by atoms with Crippen molar-refractivity contribution >= 4 is 11.6 Å². The number of carbonyl (C=O) groups excluding carboxylic acids is 1. The molecule has 11 heteroatoms. The van der Waals surface area contributed by atoms with Crippen LogP contribution in [0.2, 0.25) is 0 Å². The first-order chi connectivity index (χ1) is 16.2. The van der Waals surface area contributed by atoms with E-state index in [1.54, 1.807) is 31.4 Å². The van der Waals surface area contributed by atoms with E-state index in [9.17, 15) is 22.8 Å². The lowest BCUT2D eigenvalue weighted by Crippen LogP contribution is -2.27. The second kappa shape index (κ2) is 9.22. The van der Waals surface area contributed by atoms with Gasteiger partial charge in [-0.2, -0.15) is 18.2 Å². The number of rotatable bonds is 6. The second-order valence-corrected chi connectivity index (χ2v) is 7.16. The van der Waals surface area contributed by atoms with Crippen molar-refractivity contribution in [1.29, 1.82) is 0 Å². The molecule has 0 atom stereocenters. The molecule has 0 aliphatic heterocycles. The molecule has 34 heavy (non-hydrogen) atoms. The van der Waals surface area contributed by atoms with Crippen molar-refractivity contribution in [3.63, 3.8) is 0 Å². The van der Waals surface area contributed by atoms with Gasteiger partial charge in [-0.25, -0.2) is 0 Å². The Morgan fingerprint density at radius 1 is 1.09 bits per heavy atom. The molecule has 0 saturated carbocycles. The van der Waals surface area contributed by atoms with Crippen molar-refractivity contribution in [1.82, 2.24) is 14.7 Å². The first-order valence-electron chi connectivity index (χ1n) is 9.89. The van der Waals surface area contributed by atoms with Gasteiger partial charge >= 0.3 is 6.18 Å². The molecule has 174 valence electrons. The smallest absolute Gasteiger partial charge is 0.416 e. The van der Waals surface area contributed by atoms with Gasteiger partial charge in [0, 0.05) is 23.5 Å². The summed E-state index contributed by atoms with van der Waals surface area (Å²) >= 11 is 0. The number of hydrogen-bond donors (Lipinski definition) is 1. The molecule has 0 fully saturated rings. The van der Waals surface area contributed by atoms with E-state index in [-0.39, 0.29) is 11.6 Å². The summed E-state index contributed by atoms with van der Waals surface area (Å²) in [5.41, 5.74) is -0.347. The Balaban J connectivity index is 1.51. The third-order valence-electron chi connectivity index (χ3n) is 4.79. The van der Waals surface area contributed by atoms with Crippen LogP contribution in [0.4, 0.5) is 18.9 Å². The van der Waals surface area contributed by atoms with E-state index in [1.807, 2.05) is 0 Å². The molecule has 0 bridgehead atoms. The maximum Gasteiger partial charge on any atom is 0.416 e. The van der Waals surface area contributed by atoms with Crippen molar-refractivity contribution < 1.29 is 27.2 Å². The molecule has 0 unspecified atom stereocenters. The topological polar surface area (TPSA) is 99.3 Å². The number of hydrogen-bond acceptors (Lipinski definition) is 6. The number of amides is 1. The summed E-state index contributed by atoms with van der Waals surface area (Å²) in [7, 11) is 1.55. The largest absolute Gasteiger partial charge is 0.497 e. The second-order valence-electron chi connectivity index (χ2n) is 7.16. The van der Waals surface area contributed by atoms with Gasteiger partial charge < -0.3 is 19.1 Å². The van der Waals surface area contributed by atoms with Crippen molar-refractivity contribution in [2.75, 3.05) is 12.4 Å². The van der Waals surface area contributed by atoms with E-state index in [0.717, 1.165) is 16.7 Å². The minimum absolute atomic E-state index is 0.0370. The minimum atomic E-state index is -4.54. The van der Waals surface area contributed by atoms with Gasteiger partial charge in [-0.1, -0.05) is 11.2 Å². The number of anilines is 1. The first-order valence-corrected chi connectivity index (χ1v) is 9.89. The van der Waals surface area contributed by atoms with Gasteiger partial charge in [-0.15, -0.1) is 0 Å². The van der Waals surface area contributed by atoms with E-state index in [1.165, 1.54) is 30.5 Å². The van der Waals surface area contributed by atoms with Crippen LogP contribution in [-0.2, 0) is 17.5 Å². The summed E-state index contributed by atoms with van der Waals surface area (Å²) in [6.07, 6.45) is -3.18. The number of halogens is 3. The summed E-state index contributed by atoms with van der Waals surface area (Å²) in [5.74, 6) is 0.432. The number of carbonyl (C=O) groups is 1. The van der Waals surface area contributed by atoms with Crippen LogP contribution >= 0.6 is 0 Å². The molecule has 0 aliphatic carbocycles. The number of nitrogens with one attached hydrogen (secondary N) is 1. The molecular formula is C23H17F3N4O4. The molecule has 1 N–H and O–H groups in total. The highest BCUT2D eigenvalue weighted by atomic mass is 19.4. The predicted octanol–water partition coefficient (Wildman–Crippen LogP) is 4.23. The maximum absolute atomic E-state index is 12.9. The van der Waals surface area contributed by atoms with Crippen LogP contribution in [0.15, 0.2) is 76.2 Å². The summed E-state index contributed by atoms with van der Waals surface area (Å²) in [5, 5.41) is 6.29. The highest BCUT2D eigenvalue weighted by Gasteiger charge is 2.30. The van der Waals surface area contributed by atoms with E-state index in [4.69, 9.17) is 9.26 Å². The molecule has 4 rings (SSSR count). The SMILES string of the molecule is COc1ccc(-c2noc(-c3ccc(=O)n(CC(=O)Nc4cccc(C(F)(F)F)c4)c3)n2)cc1. The zero-order chi connectivity index (χ0) is 24.3. The maximum atomic E-state index is 12.9. The molecule has 2 heterocycles. The van der Waals surface area contributed by atoms with Gasteiger partial charge in [0.1, 0.15) is 12.3 Å². The normalized spacial score (nSPS) is 11.3. The lowest BCUT2D eigenvalue weighted by molar-refractivity contribution is -0.137. The summed E-state index contributed by atoms with van der Waals surface area (Å²) in [6, 6.07) is 13.9. The molecular weight excluding hydrogens is 453 g/mol. The fourth-order valence-electron chi connectivity index (χ4n) is 3.11. The van der Waals surface area contributed by atoms with Crippen molar-refractivity contribution in [3.05, 3.63) is 82.8 Å². The van der Waals surface area contributed by atoms with Crippen molar-refractivity contribution in [2.45, 2.75) is 12.7 Å². The van der Waals surface area contributed by atoms with Crippen LogP contribution in [0, 0.1) is 0 Å². The zero-order valence-corrected chi connectivity index (χ0v) is 17.7. The van der Waals surface area contributed by atoms with E-state index < -0.39 is 29.8 Å². The van der Waals surface area contributed by atoms with Gasteiger partial charge in [0.15, 0.2) is 0 Å². The Morgan fingerprint density at radius 2 is 1.82 bits per heavy atom. The standard InChI is InChI=1S/C23H17F3N4O4/c1-33-18-8-5-14(6-9-18)21-28-22(34-29-21)15-7-10-20(32)30(12-15)13-19(31)27-17-4-2-3-16(11-17)23(24,25)26/h2-12H,13H2,1H3,(H,27,31). The van der Waals surface area contributed by atoms with Crippen LogP contribution in [0.25, 0.3) is 22.8 Å². The monoisotopic (exact) mass is 470 g/mol. The van der Waals surface area contributed by atoms with Crippen LogP contribution in [0.5, 0.6) is 5.75 Å². The molecule has 2 aromatic carbocycles. The van der Waals surface area contributed by atoms with Crippen LogP contribution in [0.1, 0.15) is 5.56 Å². The molecule has 0 saturated heterocycles. The van der Waals surface area contributed by atoms with Gasteiger partial charge in [0.2, 0.25) is 11.7 Å². The van der Waals surface area contributed by atoms with E-state index in [2.05, 4.69) is 15.5 Å². The average Bonchev–Trinajstić information content (AvgIpc) is 3.30. The fraction of sp³-hybridized carbons (Fsp3) is 0.130. The molecule has 0 radical (unpaired) electrons. The lowest BCUT2D eigenvalue weighted by atomic mass is 10.2. The predicted molar refractivity (Wildman–Crippen MR) is 116 cm³/mol. The third-order valence-corrected chi connectivity index (χ3v) is 4.79. The number of nitrogens with zero attached hydrogens (tertiary/aromatic N) is 3. The average molecular weight is 470 g/mol. The Bertz CT molecular complexity index is 1380. The zero-order valence-electron chi connectivity index (χ0n) is 17.7. The molecule has 4 aromatic rings. The molecule has 8 nitrogen and oxygen atoms in total. The van der Waals surface area contributed by atoms with Crippen LogP contribution in [-0.4, -0.2) is 27.7 Å². The van der Waals surface area contributed by atoms with Gasteiger partial charge in [-0.3, -0.25) is 9.59 Å². The van der Waals surface area contributed by atoms with Crippen molar-refractivity contribution in [3.8, 4) is 28.6 Å². The Hall–Kier alpha value is -4.41. The summed E-state index contributed by atoms with van der Waals surface area (Å²) in [6.45, 7) is -0.428. The summed E-state index contributed by atoms with van der Waals surface area (Å²) < 4.78 is 50.1. The molecule has 0 aliphatic rings. The van der Waals surface area contributed by atoms with Gasteiger partial charge in [-0.05, 0) is 48.5 Å². The van der Waals surface area contributed by atoms with Gasteiger partial charge in [0.25, 0.3) is 11.4 Å². The molecule has 0 spiro atoms. The Kier molecular flexibility index (Phi) is 6.17. The number of pyridine rings is 1. The number of benzene rings is 2. The third kappa shape index (κ3) is 5.14. The van der Waals surface area contributed by atoms with E-state index in [0.29, 0.717) is 22.7 Å². The highest BCUT2D eigenvalue weighted by molar-refractivity contribution is 5.90. The Morgan fingerprint density at radius 3 is 2.53 bits per heavy atom. The number of aromatic nitrogens is 3. The minimum Gasteiger partial charge on any atom is -0.497 e. The first kappa shape index (κ1) is 22.8.